The smallest absolute Gasteiger partial charge is 0.0736 e. The van der Waals surface area contributed by atoms with Gasteiger partial charge < -0.3 is 10.1 Å². The third kappa shape index (κ3) is 3.57. The lowest BCUT2D eigenvalue weighted by Gasteiger charge is -2.24. The van der Waals surface area contributed by atoms with E-state index in [1.165, 1.54) is 12.1 Å². The summed E-state index contributed by atoms with van der Waals surface area (Å²) < 4.78 is 8.15. The van der Waals surface area contributed by atoms with E-state index in [0.29, 0.717) is 18.2 Å². The summed E-state index contributed by atoms with van der Waals surface area (Å²) in [5, 5.41) is 8.12. The van der Waals surface area contributed by atoms with Gasteiger partial charge in [-0.25, -0.2) is 0 Å². The fraction of sp³-hybridized carbons (Fsp3) is 0.800. The predicted octanol–water partition coefficient (Wildman–Crippen LogP) is 2.30. The van der Waals surface area contributed by atoms with Crippen LogP contribution >= 0.6 is 0 Å². The first-order valence-corrected chi connectivity index (χ1v) is 7.56. The van der Waals surface area contributed by atoms with E-state index in [1.807, 2.05) is 0 Å². The van der Waals surface area contributed by atoms with E-state index >= 15 is 0 Å². The molecule has 1 saturated heterocycles. The van der Waals surface area contributed by atoms with Gasteiger partial charge in [0.15, 0.2) is 0 Å². The second-order valence-electron chi connectivity index (χ2n) is 5.52. The second kappa shape index (κ2) is 6.53. The Balaban J connectivity index is 2.07. The number of aryl methyl sites for hydroxylation is 2. The summed E-state index contributed by atoms with van der Waals surface area (Å²) in [4.78, 5) is 0. The Bertz CT molecular complexity index is 402. The molecule has 3 atom stereocenters. The largest absolute Gasteiger partial charge is 0.374 e. The molecule has 3 unspecified atom stereocenters. The number of hydrogen-bond acceptors (Lipinski definition) is 3. The highest BCUT2D eigenvalue weighted by molar-refractivity contribution is 5.11. The van der Waals surface area contributed by atoms with E-state index in [1.54, 1.807) is 0 Å². The molecule has 0 aromatic carbocycles. The molecule has 4 nitrogen and oxygen atoms in total. The molecule has 2 heterocycles. The standard InChI is InChI=1S/C15H27N3O/c1-5-16-14(15-8-7-12(4)19-15)10-13-9-11(3)17-18(13)6-2/h9,12,14-16H,5-8,10H2,1-4H3. The number of hydrogen-bond donors (Lipinski definition) is 1. The summed E-state index contributed by atoms with van der Waals surface area (Å²) in [7, 11) is 0. The molecule has 1 fully saturated rings. The van der Waals surface area contributed by atoms with E-state index in [-0.39, 0.29) is 0 Å². The van der Waals surface area contributed by atoms with Crippen molar-refractivity contribution in [1.82, 2.24) is 15.1 Å². The molecule has 0 spiro atoms. The van der Waals surface area contributed by atoms with Gasteiger partial charge in [0.2, 0.25) is 0 Å². The van der Waals surface area contributed by atoms with Crippen LogP contribution in [0.5, 0.6) is 0 Å². The van der Waals surface area contributed by atoms with Crippen molar-refractivity contribution in [2.45, 2.75) is 71.8 Å². The number of rotatable bonds is 6. The maximum absolute atomic E-state index is 6.04. The van der Waals surface area contributed by atoms with Gasteiger partial charge in [-0.1, -0.05) is 6.92 Å². The van der Waals surface area contributed by atoms with Crippen molar-refractivity contribution in [3.63, 3.8) is 0 Å². The van der Waals surface area contributed by atoms with Crippen LogP contribution in [0.2, 0.25) is 0 Å². The molecule has 1 aromatic rings. The Hall–Kier alpha value is -0.870. The van der Waals surface area contributed by atoms with E-state index in [2.05, 4.69) is 48.9 Å². The highest BCUT2D eigenvalue weighted by Gasteiger charge is 2.29. The van der Waals surface area contributed by atoms with Crippen LogP contribution in [0.25, 0.3) is 0 Å². The van der Waals surface area contributed by atoms with Crippen molar-refractivity contribution >= 4 is 0 Å². The van der Waals surface area contributed by atoms with E-state index in [9.17, 15) is 0 Å². The van der Waals surface area contributed by atoms with Crippen molar-refractivity contribution in [3.8, 4) is 0 Å². The molecular weight excluding hydrogens is 238 g/mol. The minimum absolute atomic E-state index is 0.343. The third-order valence-corrected chi connectivity index (χ3v) is 3.89. The summed E-state index contributed by atoms with van der Waals surface area (Å²) in [6.07, 6.45) is 4.09. The maximum atomic E-state index is 6.04. The second-order valence-corrected chi connectivity index (χ2v) is 5.52. The molecule has 0 aliphatic carbocycles. The molecule has 19 heavy (non-hydrogen) atoms. The first-order chi connectivity index (χ1) is 9.13. The number of aromatic nitrogens is 2. The van der Waals surface area contributed by atoms with Gasteiger partial charge in [-0.3, -0.25) is 4.68 Å². The summed E-state index contributed by atoms with van der Waals surface area (Å²) in [6, 6.07) is 2.60. The molecule has 1 N–H and O–H groups in total. The van der Waals surface area contributed by atoms with Gasteiger partial charge in [0.1, 0.15) is 0 Å². The van der Waals surface area contributed by atoms with Crippen molar-refractivity contribution in [3.05, 3.63) is 17.5 Å². The first kappa shape index (κ1) is 14.5. The van der Waals surface area contributed by atoms with Gasteiger partial charge in [-0.15, -0.1) is 0 Å². The van der Waals surface area contributed by atoms with Crippen molar-refractivity contribution in [1.29, 1.82) is 0 Å². The SMILES string of the molecule is CCNC(Cc1cc(C)nn1CC)C1CCC(C)O1. The normalized spacial score (nSPS) is 24.8. The highest BCUT2D eigenvalue weighted by Crippen LogP contribution is 2.23. The topological polar surface area (TPSA) is 39.1 Å². The van der Waals surface area contributed by atoms with E-state index in [4.69, 9.17) is 4.74 Å². The summed E-state index contributed by atoms with van der Waals surface area (Å²) >= 11 is 0. The van der Waals surface area contributed by atoms with Crippen LogP contribution in [-0.4, -0.2) is 34.6 Å². The quantitative estimate of drug-likeness (QED) is 0.858. The van der Waals surface area contributed by atoms with E-state index < -0.39 is 0 Å². The zero-order valence-corrected chi connectivity index (χ0v) is 12.6. The predicted molar refractivity (Wildman–Crippen MR) is 77.4 cm³/mol. The minimum Gasteiger partial charge on any atom is -0.374 e. The number of nitrogens with one attached hydrogen (secondary N) is 1. The average molecular weight is 265 g/mol. The fourth-order valence-corrected chi connectivity index (χ4v) is 2.99. The zero-order chi connectivity index (χ0) is 13.8. The molecule has 1 aromatic heterocycles. The van der Waals surface area contributed by atoms with Gasteiger partial charge in [-0.2, -0.15) is 5.10 Å². The Morgan fingerprint density at radius 3 is 2.84 bits per heavy atom. The van der Waals surface area contributed by atoms with Crippen LogP contribution in [-0.2, 0) is 17.7 Å². The van der Waals surface area contributed by atoms with Gasteiger partial charge in [0, 0.05) is 24.7 Å². The highest BCUT2D eigenvalue weighted by atomic mass is 16.5. The Labute approximate surface area is 116 Å². The first-order valence-electron chi connectivity index (χ1n) is 7.56. The summed E-state index contributed by atoms with van der Waals surface area (Å²) in [5.74, 6) is 0. The molecule has 1 aliphatic rings. The summed E-state index contributed by atoms with van der Waals surface area (Å²) in [6.45, 7) is 10.5. The molecule has 2 rings (SSSR count). The fourth-order valence-electron chi connectivity index (χ4n) is 2.99. The minimum atomic E-state index is 0.343. The van der Waals surface area contributed by atoms with Crippen LogP contribution in [0.4, 0.5) is 0 Å². The molecule has 0 bridgehead atoms. The molecule has 0 radical (unpaired) electrons. The lowest BCUT2D eigenvalue weighted by atomic mass is 10.0. The van der Waals surface area contributed by atoms with Crippen molar-refractivity contribution < 1.29 is 4.74 Å². The number of ether oxygens (including phenoxy) is 1. The molecular formula is C15H27N3O. The lowest BCUT2D eigenvalue weighted by molar-refractivity contribution is 0.0320. The Kier molecular flexibility index (Phi) is 4.99. The van der Waals surface area contributed by atoms with Gasteiger partial charge in [0.05, 0.1) is 17.9 Å². The molecule has 0 amide bonds. The molecule has 1 aliphatic heterocycles. The third-order valence-electron chi connectivity index (χ3n) is 3.89. The van der Waals surface area contributed by atoms with Crippen LogP contribution in [0, 0.1) is 6.92 Å². The number of nitrogens with zero attached hydrogens (tertiary/aromatic N) is 2. The maximum Gasteiger partial charge on any atom is 0.0736 e. The Morgan fingerprint density at radius 2 is 2.26 bits per heavy atom. The summed E-state index contributed by atoms with van der Waals surface area (Å²) in [5.41, 5.74) is 2.42. The monoisotopic (exact) mass is 265 g/mol. The van der Waals surface area contributed by atoms with Crippen molar-refractivity contribution in [2.75, 3.05) is 6.54 Å². The van der Waals surface area contributed by atoms with Crippen LogP contribution in [0.1, 0.15) is 45.0 Å². The molecule has 0 saturated carbocycles. The Morgan fingerprint density at radius 1 is 1.47 bits per heavy atom. The van der Waals surface area contributed by atoms with Crippen molar-refractivity contribution in [2.24, 2.45) is 0 Å². The van der Waals surface area contributed by atoms with Crippen LogP contribution < -0.4 is 5.32 Å². The molecule has 4 heteroatoms. The van der Waals surface area contributed by atoms with Gasteiger partial charge in [-0.05, 0) is 46.2 Å². The molecule has 108 valence electrons. The van der Waals surface area contributed by atoms with Crippen LogP contribution in [0.15, 0.2) is 6.07 Å². The van der Waals surface area contributed by atoms with Gasteiger partial charge in [0.25, 0.3) is 0 Å². The lowest BCUT2D eigenvalue weighted by Crippen LogP contribution is -2.42. The van der Waals surface area contributed by atoms with Gasteiger partial charge >= 0.3 is 0 Å². The average Bonchev–Trinajstić information content (AvgIpc) is 2.95. The zero-order valence-electron chi connectivity index (χ0n) is 12.6. The van der Waals surface area contributed by atoms with Crippen LogP contribution in [0.3, 0.4) is 0 Å². The number of likely N-dealkylation sites (N-methyl/N-ethyl adjacent to an activating group) is 1. The van der Waals surface area contributed by atoms with E-state index in [0.717, 1.165) is 31.6 Å².